The summed E-state index contributed by atoms with van der Waals surface area (Å²) < 4.78 is 73.0. The number of rotatable bonds is 1. The van der Waals surface area contributed by atoms with Crippen molar-refractivity contribution in [1.82, 2.24) is 15.5 Å². The van der Waals surface area contributed by atoms with Crippen LogP contribution in [0.4, 0.5) is 26.3 Å². The van der Waals surface area contributed by atoms with Gasteiger partial charge in [-0.1, -0.05) is 5.16 Å². The smallest absolute Gasteiger partial charge is 0.475 e. The Morgan fingerprint density at radius 1 is 1.28 bits per heavy atom. The Bertz CT molecular complexity index is 729. The highest BCUT2D eigenvalue weighted by Crippen LogP contribution is 2.34. The zero-order valence-corrected chi connectivity index (χ0v) is 12.8. The number of nitrogens with one attached hydrogen (secondary N) is 1. The van der Waals surface area contributed by atoms with E-state index in [1.54, 1.807) is 0 Å². The number of aromatic nitrogens is 2. The van der Waals surface area contributed by atoms with Crippen LogP contribution in [-0.4, -0.2) is 33.9 Å². The minimum atomic E-state index is -5.08. The van der Waals surface area contributed by atoms with E-state index in [1.807, 2.05) is 6.07 Å². The van der Waals surface area contributed by atoms with Gasteiger partial charge in [0.2, 0.25) is 5.82 Å². The molecular weight excluding hydrogens is 380 g/mol. The van der Waals surface area contributed by atoms with Gasteiger partial charge in [-0.3, -0.25) is 0 Å². The number of carboxylic acids is 1. The van der Waals surface area contributed by atoms with E-state index < -0.39 is 24.2 Å². The second-order valence-electron chi connectivity index (χ2n) is 4.71. The molecule has 138 valence electrons. The summed E-state index contributed by atoms with van der Waals surface area (Å²) >= 11 is 1.40. The SMILES string of the molecule is FC(F)(F)c1nc(-c2cc3c(s2)CNCC3)no1.O=C(O)C(F)(F)F. The average molecular weight is 389 g/mol. The standard InChI is InChI=1S/C10H8F3N3OS.C2HF3O2/c11-10(12,13)9-15-8(16-17-9)6-3-5-1-2-14-4-7(5)18-6;3-2(4,5)1(6)7/h3,14H,1-2,4H2;(H,6,7). The van der Waals surface area contributed by atoms with Gasteiger partial charge >= 0.3 is 24.2 Å². The summed E-state index contributed by atoms with van der Waals surface area (Å²) in [6.07, 6.45) is -8.81. The Labute approximate surface area is 139 Å². The Kier molecular flexibility index (Phi) is 5.37. The zero-order chi connectivity index (χ0) is 18.8. The molecule has 2 aromatic rings. The maximum atomic E-state index is 12.3. The van der Waals surface area contributed by atoms with Crippen LogP contribution in [0, 0.1) is 0 Å². The number of carbonyl (C=O) groups is 1. The number of hydrogen-bond acceptors (Lipinski definition) is 6. The highest BCUT2D eigenvalue weighted by molar-refractivity contribution is 7.15. The first kappa shape index (κ1) is 19.2. The molecule has 6 nitrogen and oxygen atoms in total. The predicted octanol–water partition coefficient (Wildman–Crippen LogP) is 3.10. The number of fused-ring (bicyclic) bond motifs is 1. The van der Waals surface area contributed by atoms with Crippen LogP contribution in [0.2, 0.25) is 0 Å². The van der Waals surface area contributed by atoms with Crippen LogP contribution in [0.1, 0.15) is 16.3 Å². The third-order valence-corrected chi connectivity index (χ3v) is 4.06. The summed E-state index contributed by atoms with van der Waals surface area (Å²) in [6, 6.07) is 1.84. The molecule has 25 heavy (non-hydrogen) atoms. The maximum Gasteiger partial charge on any atom is 0.490 e. The largest absolute Gasteiger partial charge is 0.490 e. The molecule has 0 bridgehead atoms. The van der Waals surface area contributed by atoms with Crippen molar-refractivity contribution in [2.24, 2.45) is 0 Å². The van der Waals surface area contributed by atoms with E-state index >= 15 is 0 Å². The second kappa shape index (κ2) is 7.00. The summed E-state index contributed by atoms with van der Waals surface area (Å²) in [7, 11) is 0. The molecule has 0 saturated heterocycles. The fourth-order valence-corrected chi connectivity index (χ4v) is 2.91. The number of nitrogens with zero attached hydrogens (tertiary/aromatic N) is 2. The topological polar surface area (TPSA) is 88.3 Å². The lowest BCUT2D eigenvalue weighted by molar-refractivity contribution is -0.192. The number of alkyl halides is 6. The van der Waals surface area contributed by atoms with Crippen molar-refractivity contribution in [3.05, 3.63) is 22.4 Å². The van der Waals surface area contributed by atoms with Crippen molar-refractivity contribution in [3.8, 4) is 10.7 Å². The van der Waals surface area contributed by atoms with Gasteiger partial charge in [0.05, 0.1) is 4.88 Å². The molecule has 0 aliphatic carbocycles. The molecule has 13 heteroatoms. The molecule has 0 amide bonds. The third-order valence-electron chi connectivity index (χ3n) is 2.88. The first-order valence-corrected chi connectivity index (χ1v) is 7.34. The van der Waals surface area contributed by atoms with E-state index in [0.717, 1.165) is 30.0 Å². The maximum absolute atomic E-state index is 12.3. The van der Waals surface area contributed by atoms with Crippen molar-refractivity contribution in [1.29, 1.82) is 0 Å². The fraction of sp³-hybridized carbons (Fsp3) is 0.417. The van der Waals surface area contributed by atoms with Gasteiger partial charge in [0.15, 0.2) is 0 Å². The molecule has 3 heterocycles. The Morgan fingerprint density at radius 2 is 1.92 bits per heavy atom. The Hall–Kier alpha value is -2.15. The van der Waals surface area contributed by atoms with Gasteiger partial charge in [-0.15, -0.1) is 11.3 Å². The first-order valence-electron chi connectivity index (χ1n) is 6.52. The normalized spacial score (nSPS) is 14.5. The van der Waals surface area contributed by atoms with Crippen LogP contribution in [0.3, 0.4) is 0 Å². The quantitative estimate of drug-likeness (QED) is 0.729. The molecule has 0 unspecified atom stereocenters. The molecular formula is C12H9F6N3O3S. The monoisotopic (exact) mass is 389 g/mol. The number of thiophene rings is 1. The van der Waals surface area contributed by atoms with E-state index in [4.69, 9.17) is 9.90 Å². The third kappa shape index (κ3) is 4.92. The van der Waals surface area contributed by atoms with Gasteiger partial charge in [0, 0.05) is 11.4 Å². The Balaban J connectivity index is 0.000000277. The van der Waals surface area contributed by atoms with Crippen LogP contribution < -0.4 is 5.32 Å². The number of carboxylic acid groups (broad SMARTS) is 1. The number of halogens is 6. The van der Waals surface area contributed by atoms with Gasteiger partial charge in [-0.05, 0) is 24.6 Å². The fourth-order valence-electron chi connectivity index (χ4n) is 1.80. The van der Waals surface area contributed by atoms with Crippen LogP contribution in [0.25, 0.3) is 10.7 Å². The summed E-state index contributed by atoms with van der Waals surface area (Å²) in [6.45, 7) is 1.62. The van der Waals surface area contributed by atoms with Gasteiger partial charge in [0.25, 0.3) is 0 Å². The van der Waals surface area contributed by atoms with Gasteiger partial charge in [-0.2, -0.15) is 31.3 Å². The van der Waals surface area contributed by atoms with Crippen LogP contribution in [-0.2, 0) is 23.9 Å². The van der Waals surface area contributed by atoms with Crippen LogP contribution in [0.15, 0.2) is 10.6 Å². The van der Waals surface area contributed by atoms with E-state index in [-0.39, 0.29) is 5.82 Å². The molecule has 1 aliphatic rings. The molecule has 0 aromatic carbocycles. The summed E-state index contributed by atoms with van der Waals surface area (Å²) in [5, 5.41) is 13.7. The highest BCUT2D eigenvalue weighted by Gasteiger charge is 2.39. The summed E-state index contributed by atoms with van der Waals surface area (Å²) in [5.41, 5.74) is 1.15. The van der Waals surface area contributed by atoms with Crippen molar-refractivity contribution in [2.45, 2.75) is 25.3 Å². The zero-order valence-electron chi connectivity index (χ0n) is 12.0. The van der Waals surface area contributed by atoms with Crippen molar-refractivity contribution < 1.29 is 40.8 Å². The van der Waals surface area contributed by atoms with Crippen molar-refractivity contribution in [2.75, 3.05) is 6.54 Å². The molecule has 0 spiro atoms. The number of hydrogen-bond donors (Lipinski definition) is 2. The molecule has 1 aliphatic heterocycles. The lowest BCUT2D eigenvalue weighted by atomic mass is 10.1. The molecule has 2 aromatic heterocycles. The molecule has 0 radical (unpaired) electrons. The minimum absolute atomic E-state index is 0.00160. The van der Waals surface area contributed by atoms with Crippen molar-refractivity contribution in [3.63, 3.8) is 0 Å². The molecule has 0 atom stereocenters. The van der Waals surface area contributed by atoms with Crippen LogP contribution in [0.5, 0.6) is 0 Å². The van der Waals surface area contributed by atoms with Gasteiger partial charge < -0.3 is 14.9 Å². The predicted molar refractivity (Wildman–Crippen MR) is 71.7 cm³/mol. The second-order valence-corrected chi connectivity index (χ2v) is 5.85. The van der Waals surface area contributed by atoms with E-state index in [9.17, 15) is 26.3 Å². The number of aliphatic carboxylic acids is 1. The molecule has 0 fully saturated rings. The Morgan fingerprint density at radius 3 is 2.40 bits per heavy atom. The first-order chi connectivity index (χ1) is 11.5. The van der Waals surface area contributed by atoms with Gasteiger partial charge in [-0.25, -0.2) is 4.79 Å². The molecule has 3 rings (SSSR count). The average Bonchev–Trinajstić information content (AvgIpc) is 3.13. The summed E-state index contributed by atoms with van der Waals surface area (Å²) in [5.74, 6) is -4.06. The van der Waals surface area contributed by atoms with Gasteiger partial charge in [0.1, 0.15) is 0 Å². The summed E-state index contributed by atoms with van der Waals surface area (Å²) in [4.78, 5) is 14.0. The van der Waals surface area contributed by atoms with E-state index in [2.05, 4.69) is 20.0 Å². The van der Waals surface area contributed by atoms with E-state index in [0.29, 0.717) is 4.88 Å². The highest BCUT2D eigenvalue weighted by atomic mass is 32.1. The van der Waals surface area contributed by atoms with Crippen LogP contribution >= 0.6 is 11.3 Å². The lowest BCUT2D eigenvalue weighted by Crippen LogP contribution is -2.21. The molecule has 0 saturated carbocycles. The molecule has 2 N–H and O–H groups in total. The van der Waals surface area contributed by atoms with E-state index in [1.165, 1.54) is 11.3 Å². The lowest BCUT2D eigenvalue weighted by Gasteiger charge is -2.10. The minimum Gasteiger partial charge on any atom is -0.475 e. The van der Waals surface area contributed by atoms with Crippen molar-refractivity contribution >= 4 is 17.3 Å².